The molecule has 0 aliphatic carbocycles. The van der Waals surface area contributed by atoms with Crippen LogP contribution in [0.2, 0.25) is 5.02 Å². The fourth-order valence-electron chi connectivity index (χ4n) is 3.16. The van der Waals surface area contributed by atoms with Crippen LogP contribution in [-0.4, -0.2) is 52.6 Å². The maximum absolute atomic E-state index is 12.4. The molecule has 0 saturated carbocycles. The first-order valence-corrected chi connectivity index (χ1v) is 10.6. The normalized spacial score (nSPS) is 14.8. The molecule has 1 fully saturated rings. The van der Waals surface area contributed by atoms with Gasteiger partial charge in [0.15, 0.2) is 0 Å². The Bertz CT molecular complexity index is 841. The first-order chi connectivity index (χ1) is 13.5. The van der Waals surface area contributed by atoms with E-state index in [9.17, 15) is 14.9 Å². The van der Waals surface area contributed by atoms with Gasteiger partial charge in [0.2, 0.25) is 5.91 Å². The molecule has 0 atom stereocenters. The van der Waals surface area contributed by atoms with E-state index < -0.39 is 0 Å². The number of benzene rings is 2. The topological polar surface area (TPSA) is 66.7 Å². The van der Waals surface area contributed by atoms with Crippen LogP contribution in [0.3, 0.4) is 0 Å². The molecule has 0 aromatic heterocycles. The van der Waals surface area contributed by atoms with Gasteiger partial charge in [0.25, 0.3) is 5.69 Å². The molecule has 1 amide bonds. The van der Waals surface area contributed by atoms with E-state index in [1.807, 2.05) is 35.2 Å². The van der Waals surface area contributed by atoms with E-state index in [-0.39, 0.29) is 16.5 Å². The van der Waals surface area contributed by atoms with Crippen LogP contribution in [-0.2, 0) is 17.1 Å². The van der Waals surface area contributed by atoms with Crippen molar-refractivity contribution < 1.29 is 9.72 Å². The van der Waals surface area contributed by atoms with E-state index in [2.05, 4.69) is 4.90 Å². The first-order valence-electron chi connectivity index (χ1n) is 9.07. The maximum Gasteiger partial charge on any atom is 0.269 e. The van der Waals surface area contributed by atoms with Crippen LogP contribution < -0.4 is 0 Å². The first kappa shape index (κ1) is 20.6. The standard InChI is InChI=1S/C20H22ClN3O3S/c21-18-5-1-4-17(11-18)14-28-15-20(25)23-9-7-22(8-10-23)13-16-3-2-6-19(12-16)24(26)27/h1-6,11-12H,7-10,13-15H2. The highest BCUT2D eigenvalue weighted by atomic mass is 35.5. The van der Waals surface area contributed by atoms with E-state index in [1.165, 1.54) is 6.07 Å². The van der Waals surface area contributed by atoms with Crippen LogP contribution >= 0.6 is 23.4 Å². The number of piperazine rings is 1. The third-order valence-electron chi connectivity index (χ3n) is 4.64. The van der Waals surface area contributed by atoms with E-state index in [4.69, 9.17) is 11.6 Å². The van der Waals surface area contributed by atoms with Gasteiger partial charge < -0.3 is 4.90 Å². The summed E-state index contributed by atoms with van der Waals surface area (Å²) >= 11 is 7.58. The van der Waals surface area contributed by atoms with Crippen LogP contribution in [0, 0.1) is 10.1 Å². The molecule has 0 unspecified atom stereocenters. The Morgan fingerprint density at radius 3 is 2.50 bits per heavy atom. The van der Waals surface area contributed by atoms with Crippen molar-refractivity contribution in [3.63, 3.8) is 0 Å². The van der Waals surface area contributed by atoms with Gasteiger partial charge in [-0.1, -0.05) is 35.9 Å². The quantitative estimate of drug-likeness (QED) is 0.504. The van der Waals surface area contributed by atoms with Gasteiger partial charge in [0.1, 0.15) is 0 Å². The van der Waals surface area contributed by atoms with Crippen molar-refractivity contribution in [1.29, 1.82) is 0 Å². The molecule has 0 bridgehead atoms. The molecule has 1 aliphatic heterocycles. The number of hydrogen-bond donors (Lipinski definition) is 0. The fraction of sp³-hybridized carbons (Fsp3) is 0.350. The van der Waals surface area contributed by atoms with Crippen LogP contribution in [0.5, 0.6) is 0 Å². The Morgan fingerprint density at radius 2 is 1.79 bits per heavy atom. The Morgan fingerprint density at radius 1 is 1.07 bits per heavy atom. The SMILES string of the molecule is O=C(CSCc1cccc(Cl)c1)N1CCN(Cc2cccc([N+](=O)[O-])c2)CC1. The molecule has 28 heavy (non-hydrogen) atoms. The number of carbonyl (C=O) groups is 1. The number of nitro benzene ring substituents is 1. The summed E-state index contributed by atoms with van der Waals surface area (Å²) in [5.74, 6) is 1.37. The highest BCUT2D eigenvalue weighted by Gasteiger charge is 2.21. The highest BCUT2D eigenvalue weighted by Crippen LogP contribution is 2.18. The van der Waals surface area contributed by atoms with Crippen molar-refractivity contribution in [3.8, 4) is 0 Å². The second-order valence-corrected chi connectivity index (χ2v) is 8.13. The summed E-state index contributed by atoms with van der Waals surface area (Å²) in [6, 6.07) is 14.4. The van der Waals surface area contributed by atoms with Crippen LogP contribution in [0.1, 0.15) is 11.1 Å². The van der Waals surface area contributed by atoms with Gasteiger partial charge >= 0.3 is 0 Å². The summed E-state index contributed by atoms with van der Waals surface area (Å²) < 4.78 is 0. The van der Waals surface area contributed by atoms with Gasteiger partial charge in [-0.2, -0.15) is 0 Å². The van der Waals surface area contributed by atoms with Crippen LogP contribution in [0.25, 0.3) is 0 Å². The Kier molecular flexibility index (Phi) is 7.30. The van der Waals surface area contributed by atoms with Crippen molar-refractivity contribution in [2.45, 2.75) is 12.3 Å². The highest BCUT2D eigenvalue weighted by molar-refractivity contribution is 7.99. The second kappa shape index (κ2) is 9.91. The average Bonchev–Trinajstić information content (AvgIpc) is 2.69. The van der Waals surface area contributed by atoms with E-state index in [0.717, 1.165) is 30.0 Å². The molecule has 0 spiro atoms. The zero-order valence-electron chi connectivity index (χ0n) is 15.4. The number of rotatable bonds is 7. The van der Waals surface area contributed by atoms with Gasteiger partial charge in [0.05, 0.1) is 10.7 Å². The summed E-state index contributed by atoms with van der Waals surface area (Å²) in [6.45, 7) is 3.57. The molecular formula is C20H22ClN3O3S. The van der Waals surface area contributed by atoms with E-state index >= 15 is 0 Å². The van der Waals surface area contributed by atoms with Crippen molar-refractivity contribution >= 4 is 35.0 Å². The lowest BCUT2D eigenvalue weighted by Gasteiger charge is -2.34. The van der Waals surface area contributed by atoms with Gasteiger partial charge in [-0.15, -0.1) is 11.8 Å². The maximum atomic E-state index is 12.4. The number of non-ortho nitro benzene ring substituents is 1. The summed E-state index contributed by atoms with van der Waals surface area (Å²) in [5, 5.41) is 11.6. The molecule has 3 rings (SSSR count). The number of amides is 1. The molecule has 6 nitrogen and oxygen atoms in total. The van der Waals surface area contributed by atoms with Crippen molar-refractivity contribution in [1.82, 2.24) is 9.80 Å². The molecule has 0 radical (unpaired) electrons. The van der Waals surface area contributed by atoms with E-state index in [1.54, 1.807) is 23.9 Å². The summed E-state index contributed by atoms with van der Waals surface area (Å²) in [4.78, 5) is 27.1. The monoisotopic (exact) mass is 419 g/mol. The fourth-order valence-corrected chi connectivity index (χ4v) is 4.24. The number of nitrogens with zero attached hydrogens (tertiary/aromatic N) is 3. The molecule has 2 aromatic carbocycles. The predicted octanol–water partition coefficient (Wildman–Crippen LogP) is 3.83. The Labute approximate surface area is 173 Å². The zero-order valence-corrected chi connectivity index (χ0v) is 17.0. The van der Waals surface area contributed by atoms with Gasteiger partial charge in [-0.25, -0.2) is 0 Å². The Balaban J connectivity index is 1.41. The van der Waals surface area contributed by atoms with E-state index in [0.29, 0.717) is 30.4 Å². The summed E-state index contributed by atoms with van der Waals surface area (Å²) in [6.07, 6.45) is 0. The lowest BCUT2D eigenvalue weighted by molar-refractivity contribution is -0.384. The number of halogens is 1. The van der Waals surface area contributed by atoms with Crippen molar-refractivity contribution in [2.24, 2.45) is 0 Å². The zero-order chi connectivity index (χ0) is 19.9. The smallest absolute Gasteiger partial charge is 0.269 e. The number of carbonyl (C=O) groups excluding carboxylic acids is 1. The average molecular weight is 420 g/mol. The third-order valence-corrected chi connectivity index (χ3v) is 5.86. The molecule has 148 valence electrons. The van der Waals surface area contributed by atoms with Gasteiger partial charge in [-0.3, -0.25) is 19.8 Å². The minimum Gasteiger partial charge on any atom is -0.339 e. The number of nitro groups is 1. The predicted molar refractivity (Wildman–Crippen MR) is 113 cm³/mol. The molecule has 1 heterocycles. The molecule has 1 saturated heterocycles. The summed E-state index contributed by atoms with van der Waals surface area (Å²) in [7, 11) is 0. The second-order valence-electron chi connectivity index (χ2n) is 6.71. The van der Waals surface area contributed by atoms with Gasteiger partial charge in [0, 0.05) is 55.6 Å². The Hall–Kier alpha value is -2.09. The lowest BCUT2D eigenvalue weighted by Crippen LogP contribution is -2.48. The largest absolute Gasteiger partial charge is 0.339 e. The minimum absolute atomic E-state index is 0.114. The third kappa shape index (κ3) is 5.95. The summed E-state index contributed by atoms with van der Waals surface area (Å²) in [5.41, 5.74) is 2.15. The molecule has 2 aromatic rings. The molecule has 1 aliphatic rings. The van der Waals surface area contributed by atoms with Crippen molar-refractivity contribution in [3.05, 3.63) is 74.8 Å². The molecular weight excluding hydrogens is 398 g/mol. The number of hydrogen-bond acceptors (Lipinski definition) is 5. The van der Waals surface area contributed by atoms with Crippen molar-refractivity contribution in [2.75, 3.05) is 31.9 Å². The molecule has 0 N–H and O–H groups in total. The van der Waals surface area contributed by atoms with Crippen LogP contribution in [0.15, 0.2) is 48.5 Å². The van der Waals surface area contributed by atoms with Crippen LogP contribution in [0.4, 0.5) is 5.69 Å². The van der Waals surface area contributed by atoms with Gasteiger partial charge in [-0.05, 0) is 23.3 Å². The lowest BCUT2D eigenvalue weighted by atomic mass is 10.1. The minimum atomic E-state index is -0.374. The number of thioether (sulfide) groups is 1. The molecule has 8 heteroatoms.